The summed E-state index contributed by atoms with van der Waals surface area (Å²) in [6.45, 7) is 7.11. The number of piperidine rings is 3. The van der Waals surface area contributed by atoms with E-state index in [0.717, 1.165) is 82.8 Å². The molecule has 1 aromatic carbocycles. The molecular weight excluding hydrogens is 468 g/mol. The molecule has 7 N–H and O–H groups in total. The van der Waals surface area contributed by atoms with E-state index in [1.165, 1.54) is 12.0 Å². The van der Waals surface area contributed by atoms with Crippen LogP contribution in [0.15, 0.2) is 40.8 Å². The highest BCUT2D eigenvalue weighted by atomic mass is 16.2. The van der Waals surface area contributed by atoms with Gasteiger partial charge in [0, 0.05) is 37.9 Å². The Kier molecular flexibility index (Phi) is 9.27. The zero-order valence-corrected chi connectivity index (χ0v) is 22.0. The predicted octanol–water partition coefficient (Wildman–Crippen LogP) is 2.26. The van der Waals surface area contributed by atoms with Crippen LogP contribution in [0.1, 0.15) is 63.4 Å². The Bertz CT molecular complexity index is 994. The third-order valence-electron chi connectivity index (χ3n) is 7.63. The number of aliphatic imine (C=N–C) groups is 1. The zero-order valence-electron chi connectivity index (χ0n) is 22.0. The van der Waals surface area contributed by atoms with E-state index in [1.807, 2.05) is 24.0 Å². The van der Waals surface area contributed by atoms with Crippen LogP contribution in [0.3, 0.4) is 0 Å². The number of urea groups is 1. The van der Waals surface area contributed by atoms with Crippen molar-refractivity contribution in [3.05, 3.63) is 41.3 Å². The van der Waals surface area contributed by atoms with Gasteiger partial charge in [0.25, 0.3) is 5.91 Å². The molecule has 10 nitrogen and oxygen atoms in total. The fourth-order valence-electron chi connectivity index (χ4n) is 5.39. The summed E-state index contributed by atoms with van der Waals surface area (Å²) < 4.78 is 0. The van der Waals surface area contributed by atoms with E-state index < -0.39 is 5.91 Å². The lowest BCUT2D eigenvalue weighted by Gasteiger charge is -2.36. The van der Waals surface area contributed by atoms with Gasteiger partial charge >= 0.3 is 6.03 Å². The second kappa shape index (κ2) is 12.8. The maximum absolute atomic E-state index is 12.7. The van der Waals surface area contributed by atoms with Gasteiger partial charge in [-0.1, -0.05) is 12.1 Å². The summed E-state index contributed by atoms with van der Waals surface area (Å²) in [5, 5.41) is 9.80. The monoisotopic (exact) mass is 510 g/mol. The second-order valence-corrected chi connectivity index (χ2v) is 10.3. The predicted molar refractivity (Wildman–Crippen MR) is 147 cm³/mol. The molecule has 0 unspecified atom stereocenters. The van der Waals surface area contributed by atoms with E-state index >= 15 is 0 Å². The van der Waals surface area contributed by atoms with E-state index in [2.05, 4.69) is 38.0 Å². The number of hydrogen-bond donors (Lipinski definition) is 5. The minimum Gasteiger partial charge on any atom is -0.391 e. The van der Waals surface area contributed by atoms with Crippen LogP contribution in [0.2, 0.25) is 0 Å². The number of hydrogen-bond acceptors (Lipinski definition) is 6. The Morgan fingerprint density at radius 1 is 0.946 bits per heavy atom. The largest absolute Gasteiger partial charge is 0.391 e. The van der Waals surface area contributed by atoms with Crippen molar-refractivity contribution in [1.82, 2.24) is 20.4 Å². The Morgan fingerprint density at radius 3 is 2.30 bits per heavy atom. The number of benzene rings is 1. The van der Waals surface area contributed by atoms with Crippen LogP contribution in [-0.2, 0) is 4.79 Å². The van der Waals surface area contributed by atoms with Crippen molar-refractivity contribution in [3.63, 3.8) is 0 Å². The highest BCUT2D eigenvalue weighted by molar-refractivity contribution is 5.93. The van der Waals surface area contributed by atoms with Crippen molar-refractivity contribution in [3.8, 4) is 0 Å². The number of rotatable bonds is 6. The summed E-state index contributed by atoms with van der Waals surface area (Å²) in [6.07, 6.45) is 7.46. The average molecular weight is 511 g/mol. The first kappa shape index (κ1) is 26.8. The summed E-state index contributed by atoms with van der Waals surface area (Å²) >= 11 is 0. The van der Waals surface area contributed by atoms with Crippen LogP contribution in [0.5, 0.6) is 0 Å². The molecule has 3 heterocycles. The summed E-state index contributed by atoms with van der Waals surface area (Å²) in [7, 11) is 0. The quantitative estimate of drug-likeness (QED) is 0.226. The lowest BCUT2D eigenvalue weighted by Crippen LogP contribution is -2.53. The molecule has 3 fully saturated rings. The number of anilines is 1. The van der Waals surface area contributed by atoms with Gasteiger partial charge in [0.15, 0.2) is 5.82 Å². The maximum Gasteiger partial charge on any atom is 0.317 e. The number of carbonyl (C=O) groups excluding carboxylic acids is 2. The first-order valence-corrected chi connectivity index (χ1v) is 13.6. The number of nitrogens with zero attached hydrogens (tertiary/aromatic N) is 3. The molecule has 0 radical (unpaired) electrons. The molecule has 202 valence electrons. The van der Waals surface area contributed by atoms with Crippen LogP contribution in [-0.4, -0.2) is 72.9 Å². The average Bonchev–Trinajstić information content (AvgIpc) is 2.93. The fourth-order valence-corrected chi connectivity index (χ4v) is 5.39. The van der Waals surface area contributed by atoms with Crippen molar-refractivity contribution in [2.24, 2.45) is 16.5 Å². The number of nitrogens with two attached hydrogens (primary N) is 2. The molecule has 3 aliphatic heterocycles. The molecule has 4 rings (SSSR count). The van der Waals surface area contributed by atoms with Crippen molar-refractivity contribution < 1.29 is 9.59 Å². The number of amides is 3. The fraction of sp³-hybridized carbons (Fsp3) is 0.593. The standard InChI is InChI=1S/C27H42N8O2/c1-19(35-17-5-6-23(18-35)33-27(37)34-15-3-2-4-16-34)31-26(24(28)25(29)36)32-22-9-7-20(8-10-22)21-11-13-30-14-12-21/h7-10,21,23,30,32H,2-6,11-18,28H2,1H3,(H2,29,36)(H,33,37)/b26-24+,31-19+/t23-/m1/s1. The number of likely N-dealkylation sites (tertiary alicyclic amines) is 2. The van der Waals surface area contributed by atoms with Gasteiger partial charge in [-0.2, -0.15) is 0 Å². The molecule has 0 spiro atoms. The molecule has 1 atom stereocenters. The third-order valence-corrected chi connectivity index (χ3v) is 7.63. The molecule has 0 bridgehead atoms. The van der Waals surface area contributed by atoms with E-state index in [4.69, 9.17) is 11.5 Å². The Labute approximate surface area is 219 Å². The smallest absolute Gasteiger partial charge is 0.317 e. The van der Waals surface area contributed by atoms with Crippen LogP contribution in [0.25, 0.3) is 0 Å². The highest BCUT2D eigenvalue weighted by Crippen LogP contribution is 2.26. The van der Waals surface area contributed by atoms with Gasteiger partial charge in [-0.05, 0) is 88.6 Å². The molecule has 3 aliphatic rings. The molecule has 37 heavy (non-hydrogen) atoms. The lowest BCUT2D eigenvalue weighted by molar-refractivity contribution is -0.114. The summed E-state index contributed by atoms with van der Waals surface area (Å²) in [6, 6.07) is 8.28. The molecule has 3 saturated heterocycles. The van der Waals surface area contributed by atoms with Crippen molar-refractivity contribution in [2.75, 3.05) is 44.6 Å². The van der Waals surface area contributed by atoms with Gasteiger partial charge in [-0.3, -0.25) is 4.79 Å². The number of amidine groups is 1. The molecule has 0 aliphatic carbocycles. The molecule has 10 heteroatoms. The van der Waals surface area contributed by atoms with Gasteiger partial charge in [0.2, 0.25) is 0 Å². The van der Waals surface area contributed by atoms with Crippen molar-refractivity contribution in [1.29, 1.82) is 0 Å². The molecule has 0 aromatic heterocycles. The van der Waals surface area contributed by atoms with E-state index in [-0.39, 0.29) is 23.6 Å². The maximum atomic E-state index is 12.7. The van der Waals surface area contributed by atoms with Gasteiger partial charge in [0.1, 0.15) is 11.5 Å². The SMILES string of the molecule is C/C(=N\C(Nc1ccc(C2CCNCC2)cc1)=C(/N)C(N)=O)N1CCC[C@@H](NC(=O)N2CCCCC2)C1. The number of nitrogens with one attached hydrogen (secondary N) is 3. The Hall–Kier alpha value is -3.27. The highest BCUT2D eigenvalue weighted by Gasteiger charge is 2.25. The first-order chi connectivity index (χ1) is 17.9. The van der Waals surface area contributed by atoms with Crippen LogP contribution in [0, 0.1) is 0 Å². The Morgan fingerprint density at radius 2 is 1.62 bits per heavy atom. The van der Waals surface area contributed by atoms with E-state index in [0.29, 0.717) is 12.5 Å². The van der Waals surface area contributed by atoms with Crippen molar-refractivity contribution in [2.45, 2.75) is 63.8 Å². The summed E-state index contributed by atoms with van der Waals surface area (Å²) in [5.74, 6) is 0.786. The first-order valence-electron chi connectivity index (χ1n) is 13.6. The minimum absolute atomic E-state index is 0.0225. The number of primary amides is 1. The van der Waals surface area contributed by atoms with Crippen molar-refractivity contribution >= 4 is 23.5 Å². The zero-order chi connectivity index (χ0) is 26.2. The van der Waals surface area contributed by atoms with Gasteiger partial charge in [0.05, 0.1) is 0 Å². The minimum atomic E-state index is -0.726. The van der Waals surface area contributed by atoms with Crippen LogP contribution < -0.4 is 27.4 Å². The van der Waals surface area contributed by atoms with Gasteiger partial charge in [-0.25, -0.2) is 9.79 Å². The summed E-state index contributed by atoms with van der Waals surface area (Å²) in [5.41, 5.74) is 13.6. The van der Waals surface area contributed by atoms with Crippen LogP contribution >= 0.6 is 0 Å². The molecule has 1 aromatic rings. The molecule has 3 amide bonds. The normalized spacial score (nSPS) is 22.3. The van der Waals surface area contributed by atoms with E-state index in [1.54, 1.807) is 0 Å². The van der Waals surface area contributed by atoms with Gasteiger partial charge < -0.3 is 37.2 Å². The third kappa shape index (κ3) is 7.38. The lowest BCUT2D eigenvalue weighted by atomic mass is 9.90. The Balaban J connectivity index is 1.42. The van der Waals surface area contributed by atoms with E-state index in [9.17, 15) is 9.59 Å². The summed E-state index contributed by atoms with van der Waals surface area (Å²) in [4.78, 5) is 33.3. The molecular formula is C27H42N8O2. The van der Waals surface area contributed by atoms with Crippen LogP contribution in [0.4, 0.5) is 10.5 Å². The second-order valence-electron chi connectivity index (χ2n) is 10.3. The van der Waals surface area contributed by atoms with Gasteiger partial charge in [-0.15, -0.1) is 0 Å². The topological polar surface area (TPSA) is 141 Å². The number of carbonyl (C=O) groups is 2. The molecule has 0 saturated carbocycles.